The van der Waals surface area contributed by atoms with Crippen molar-refractivity contribution in [3.05, 3.63) is 0 Å². The van der Waals surface area contributed by atoms with Crippen LogP contribution >= 0.6 is 0 Å². The Labute approximate surface area is 86.7 Å². The zero-order chi connectivity index (χ0) is 11.2. The maximum atomic E-state index is 11.1. The van der Waals surface area contributed by atoms with E-state index in [2.05, 4.69) is 6.29 Å². The van der Waals surface area contributed by atoms with E-state index in [1.807, 2.05) is 13.8 Å². The molecule has 0 aliphatic heterocycles. The number of rotatable bonds is 7. The lowest BCUT2D eigenvalue weighted by Crippen LogP contribution is -2.59. The lowest BCUT2D eigenvalue weighted by Gasteiger charge is -2.39. The fourth-order valence-corrected chi connectivity index (χ4v) is 1.85. The Balaban J connectivity index is 5.00. The normalized spacial score (nSPS) is 12.6. The molecule has 0 saturated heterocycles. The van der Waals surface area contributed by atoms with Crippen molar-refractivity contribution in [2.24, 2.45) is 0 Å². The molecule has 3 heteroatoms. The molecule has 0 rings (SSSR count). The minimum atomic E-state index is -0.648. The van der Waals surface area contributed by atoms with Gasteiger partial charge in [-0.05, 0) is 12.8 Å². The highest BCUT2D eigenvalue weighted by Crippen LogP contribution is 2.28. The van der Waals surface area contributed by atoms with Crippen LogP contribution in [0.3, 0.4) is 0 Å². The van der Waals surface area contributed by atoms with Crippen molar-refractivity contribution in [3.8, 4) is 0 Å². The highest BCUT2D eigenvalue weighted by Gasteiger charge is 2.45. The van der Waals surface area contributed by atoms with Crippen molar-refractivity contribution in [2.75, 3.05) is 14.1 Å². The van der Waals surface area contributed by atoms with Crippen molar-refractivity contribution in [3.63, 3.8) is 0 Å². The van der Waals surface area contributed by atoms with Gasteiger partial charge in [0.05, 0.1) is 14.1 Å². The van der Waals surface area contributed by atoms with Gasteiger partial charge in [-0.2, -0.15) is 0 Å². The first-order valence-electron chi connectivity index (χ1n) is 5.19. The molecule has 0 atom stereocenters. The molecule has 0 aliphatic carbocycles. The molecule has 14 heavy (non-hydrogen) atoms. The van der Waals surface area contributed by atoms with E-state index >= 15 is 0 Å². The first-order valence-corrected chi connectivity index (χ1v) is 5.19. The number of quaternary nitrogens is 1. The van der Waals surface area contributed by atoms with E-state index in [4.69, 9.17) is 0 Å². The maximum Gasteiger partial charge on any atom is 0.301 e. The molecule has 1 radical (unpaired) electrons. The van der Waals surface area contributed by atoms with E-state index in [0.29, 0.717) is 0 Å². The Hall–Kier alpha value is -0.700. The predicted octanol–water partition coefficient (Wildman–Crippen LogP) is 1.67. The molecule has 81 valence electrons. The van der Waals surface area contributed by atoms with Crippen LogP contribution in [0.15, 0.2) is 0 Å². The number of hydrogen-bond donors (Lipinski definition) is 0. The van der Waals surface area contributed by atoms with Crippen LogP contribution in [0.4, 0.5) is 0 Å². The van der Waals surface area contributed by atoms with Crippen molar-refractivity contribution in [2.45, 2.75) is 45.1 Å². The second-order valence-electron chi connectivity index (χ2n) is 4.28. The fraction of sp³-hybridized carbons (Fsp3) is 0.818. The summed E-state index contributed by atoms with van der Waals surface area (Å²) in [5, 5.41) is 0. The largest absolute Gasteiger partial charge is 0.301 e. The number of carbonyl (C=O) groups excluding carboxylic acids is 2. The number of amides is 1. The molecule has 0 saturated carbocycles. The first kappa shape index (κ1) is 13.3. The highest BCUT2D eigenvalue weighted by atomic mass is 16.2. The van der Waals surface area contributed by atoms with Gasteiger partial charge in [0.1, 0.15) is 0 Å². The third-order valence-electron chi connectivity index (χ3n) is 2.88. The summed E-state index contributed by atoms with van der Waals surface area (Å²) >= 11 is 0. The molecular formula is C11H21NO2+. The summed E-state index contributed by atoms with van der Waals surface area (Å²) in [5.41, 5.74) is -0.648. The van der Waals surface area contributed by atoms with Crippen molar-refractivity contribution in [1.82, 2.24) is 0 Å². The molecule has 0 aromatic rings. The molecule has 0 aromatic carbocycles. The number of hydrogen-bond acceptors (Lipinski definition) is 2. The molecule has 1 amide bonds. The minimum absolute atomic E-state index is 0.0815. The van der Waals surface area contributed by atoms with Crippen LogP contribution in [0.1, 0.15) is 39.5 Å². The zero-order valence-corrected chi connectivity index (χ0v) is 9.67. The minimum Gasteiger partial charge on any atom is -0.283 e. The maximum absolute atomic E-state index is 11.1. The number of carbonyl (C=O) groups is 1. The lowest BCUT2D eigenvalue weighted by atomic mass is 9.87. The van der Waals surface area contributed by atoms with E-state index in [9.17, 15) is 9.59 Å². The SMILES string of the molecule is CCCC([C]=O)(CCC)[N+](C)(C)C=O. The summed E-state index contributed by atoms with van der Waals surface area (Å²) in [5.74, 6) is 0. The fourth-order valence-electron chi connectivity index (χ4n) is 1.85. The molecule has 0 bridgehead atoms. The van der Waals surface area contributed by atoms with Gasteiger partial charge in [-0.1, -0.05) is 13.8 Å². The van der Waals surface area contributed by atoms with Crippen LogP contribution < -0.4 is 0 Å². The van der Waals surface area contributed by atoms with Crippen LogP contribution in [0.5, 0.6) is 0 Å². The quantitative estimate of drug-likeness (QED) is 0.461. The van der Waals surface area contributed by atoms with Gasteiger partial charge in [0.15, 0.2) is 5.54 Å². The average Bonchev–Trinajstić information content (AvgIpc) is 2.17. The standard InChI is InChI=1S/C11H21NO2/c1-5-7-11(9-13,8-6-2)12(3,4)10-14/h10H,5-8H2,1-4H3/q+1. The Kier molecular flexibility index (Phi) is 4.99. The van der Waals surface area contributed by atoms with Crippen LogP contribution in [0.2, 0.25) is 0 Å². The van der Waals surface area contributed by atoms with Crippen LogP contribution in [-0.2, 0) is 9.59 Å². The molecule has 0 aliphatic rings. The first-order chi connectivity index (χ1) is 6.49. The third kappa shape index (κ3) is 2.41. The van der Waals surface area contributed by atoms with E-state index in [1.54, 1.807) is 14.1 Å². The van der Waals surface area contributed by atoms with Gasteiger partial charge < -0.3 is 0 Å². The van der Waals surface area contributed by atoms with E-state index in [0.717, 1.165) is 32.1 Å². The summed E-state index contributed by atoms with van der Waals surface area (Å²) in [6.45, 7) is 4.04. The monoisotopic (exact) mass is 199 g/mol. The van der Waals surface area contributed by atoms with Gasteiger partial charge in [-0.3, -0.25) is 9.28 Å². The van der Waals surface area contributed by atoms with Crippen LogP contribution in [-0.4, -0.2) is 36.8 Å². The van der Waals surface area contributed by atoms with Crippen molar-refractivity contribution in [1.29, 1.82) is 0 Å². The summed E-state index contributed by atoms with van der Waals surface area (Å²) in [6, 6.07) is 0. The second-order valence-corrected chi connectivity index (χ2v) is 4.28. The second kappa shape index (κ2) is 5.25. The van der Waals surface area contributed by atoms with Gasteiger partial charge in [-0.25, -0.2) is 4.79 Å². The summed E-state index contributed by atoms with van der Waals surface area (Å²) in [7, 11) is 3.53. The Morgan fingerprint density at radius 1 is 1.21 bits per heavy atom. The lowest BCUT2D eigenvalue weighted by molar-refractivity contribution is -0.849. The topological polar surface area (TPSA) is 34.1 Å². The van der Waals surface area contributed by atoms with E-state index in [1.165, 1.54) is 0 Å². The Bertz CT molecular complexity index is 193. The van der Waals surface area contributed by atoms with Gasteiger partial charge in [-0.15, -0.1) is 0 Å². The van der Waals surface area contributed by atoms with Crippen molar-refractivity contribution < 1.29 is 14.1 Å². The Morgan fingerprint density at radius 3 is 1.86 bits per heavy atom. The highest BCUT2D eigenvalue weighted by molar-refractivity contribution is 5.65. The number of likely N-dealkylation sites (N-methyl/N-ethyl adjacent to an activating group) is 1. The zero-order valence-electron chi connectivity index (χ0n) is 9.67. The average molecular weight is 199 g/mol. The van der Waals surface area contributed by atoms with E-state index in [-0.39, 0.29) is 4.48 Å². The Morgan fingerprint density at radius 2 is 1.64 bits per heavy atom. The van der Waals surface area contributed by atoms with Crippen LogP contribution in [0.25, 0.3) is 0 Å². The van der Waals surface area contributed by atoms with E-state index < -0.39 is 5.54 Å². The number of nitrogens with zero attached hydrogens (tertiary/aromatic N) is 1. The molecule has 0 unspecified atom stereocenters. The summed E-state index contributed by atoms with van der Waals surface area (Å²) in [4.78, 5) is 22.1. The third-order valence-corrected chi connectivity index (χ3v) is 2.88. The smallest absolute Gasteiger partial charge is 0.283 e. The van der Waals surface area contributed by atoms with Gasteiger partial charge in [0, 0.05) is 12.8 Å². The van der Waals surface area contributed by atoms with Crippen LogP contribution in [0, 0.1) is 0 Å². The molecule has 0 fully saturated rings. The van der Waals surface area contributed by atoms with Gasteiger partial charge in [0.2, 0.25) is 0 Å². The molecule has 0 spiro atoms. The van der Waals surface area contributed by atoms with Gasteiger partial charge in [0.25, 0.3) is 6.29 Å². The molecule has 0 aromatic heterocycles. The molecule has 0 N–H and O–H groups in total. The molecular weight excluding hydrogens is 178 g/mol. The molecule has 3 nitrogen and oxygen atoms in total. The summed E-state index contributed by atoms with van der Waals surface area (Å²) in [6.07, 6.45) is 6.15. The van der Waals surface area contributed by atoms with Crippen molar-refractivity contribution >= 4 is 12.7 Å². The molecule has 0 heterocycles. The predicted molar refractivity (Wildman–Crippen MR) is 56.4 cm³/mol. The summed E-state index contributed by atoms with van der Waals surface area (Å²) < 4.78 is 0.0815. The van der Waals surface area contributed by atoms with Gasteiger partial charge >= 0.3 is 6.41 Å².